The Morgan fingerprint density at radius 3 is 2.60 bits per heavy atom. The van der Waals surface area contributed by atoms with Crippen molar-refractivity contribution in [2.45, 2.75) is 25.7 Å². The number of benzene rings is 1. The molecule has 2 rings (SSSR count). The van der Waals surface area contributed by atoms with Crippen LogP contribution in [0.5, 0.6) is 0 Å². The monoisotopic (exact) mass is 271 g/mol. The Balaban J connectivity index is 2.04. The molecule has 4 heteroatoms. The number of carbonyl (C=O) groups excluding carboxylic acids is 1. The van der Waals surface area contributed by atoms with Crippen LogP contribution >= 0.6 is 0 Å². The third-order valence-corrected chi connectivity index (χ3v) is 3.64. The van der Waals surface area contributed by atoms with E-state index >= 15 is 0 Å². The van der Waals surface area contributed by atoms with Gasteiger partial charge in [0.25, 0.3) is 0 Å². The zero-order valence-corrected chi connectivity index (χ0v) is 11.4. The van der Waals surface area contributed by atoms with Gasteiger partial charge in [0.15, 0.2) is 5.57 Å². The van der Waals surface area contributed by atoms with Gasteiger partial charge in [-0.1, -0.05) is 30.3 Å². The molecule has 0 bridgehead atoms. The van der Waals surface area contributed by atoms with Crippen LogP contribution in [0.3, 0.4) is 0 Å². The molecule has 0 heterocycles. The van der Waals surface area contributed by atoms with Crippen LogP contribution in [0.25, 0.3) is 0 Å². The lowest BCUT2D eigenvalue weighted by molar-refractivity contribution is -0.138. The maximum Gasteiger partial charge on any atom is 0.352 e. The second kappa shape index (κ2) is 6.25. The highest BCUT2D eigenvalue weighted by Gasteiger charge is 2.35. The van der Waals surface area contributed by atoms with Crippen LogP contribution < -0.4 is 0 Å². The molecule has 0 aromatic heterocycles. The molecule has 20 heavy (non-hydrogen) atoms. The molecule has 0 amide bonds. The topological polar surface area (TPSA) is 70.3 Å². The largest absolute Gasteiger partial charge is 0.510 e. The van der Waals surface area contributed by atoms with E-state index in [2.05, 4.69) is 12.1 Å². The van der Waals surface area contributed by atoms with Crippen LogP contribution in [0.4, 0.5) is 0 Å². The summed E-state index contributed by atoms with van der Waals surface area (Å²) in [6.45, 7) is 1.85. The number of ether oxygens (including phenoxy) is 1. The minimum atomic E-state index is -0.740. The van der Waals surface area contributed by atoms with Gasteiger partial charge in [0.05, 0.1) is 6.61 Å². The van der Waals surface area contributed by atoms with Gasteiger partial charge in [-0.05, 0) is 31.2 Å². The van der Waals surface area contributed by atoms with Crippen molar-refractivity contribution in [3.05, 3.63) is 47.2 Å². The Hall–Kier alpha value is -2.28. The third kappa shape index (κ3) is 2.83. The first-order valence-corrected chi connectivity index (χ1v) is 6.72. The van der Waals surface area contributed by atoms with Crippen LogP contribution in [0.15, 0.2) is 41.7 Å². The highest BCUT2D eigenvalue weighted by molar-refractivity contribution is 5.93. The zero-order chi connectivity index (χ0) is 14.5. The van der Waals surface area contributed by atoms with Crippen LogP contribution in [-0.4, -0.2) is 17.7 Å². The first-order chi connectivity index (χ1) is 9.67. The summed E-state index contributed by atoms with van der Waals surface area (Å²) < 4.78 is 4.77. The normalized spacial score (nSPS) is 22.2. The minimum Gasteiger partial charge on any atom is -0.510 e. The van der Waals surface area contributed by atoms with Gasteiger partial charge in [-0.25, -0.2) is 4.79 Å². The van der Waals surface area contributed by atoms with Gasteiger partial charge in [0.1, 0.15) is 11.8 Å². The van der Waals surface area contributed by atoms with Crippen molar-refractivity contribution in [2.24, 2.45) is 5.92 Å². The number of nitrogens with zero attached hydrogens (tertiary/aromatic N) is 1. The number of aliphatic hydroxyl groups is 1. The first kappa shape index (κ1) is 14.1. The second-order valence-corrected chi connectivity index (χ2v) is 4.87. The van der Waals surface area contributed by atoms with Crippen LogP contribution in [0.2, 0.25) is 0 Å². The number of esters is 1. The quantitative estimate of drug-likeness (QED) is 0.395. The zero-order valence-electron chi connectivity index (χ0n) is 11.4. The van der Waals surface area contributed by atoms with E-state index in [1.54, 1.807) is 13.0 Å². The third-order valence-electron chi connectivity index (χ3n) is 3.64. The molecule has 0 unspecified atom stereocenters. The van der Waals surface area contributed by atoms with Crippen LogP contribution in [-0.2, 0) is 9.53 Å². The second-order valence-electron chi connectivity index (χ2n) is 4.87. The van der Waals surface area contributed by atoms with Crippen molar-refractivity contribution in [2.75, 3.05) is 6.61 Å². The summed E-state index contributed by atoms with van der Waals surface area (Å²) >= 11 is 0. The summed E-state index contributed by atoms with van der Waals surface area (Å²) in [5.74, 6) is -0.612. The predicted molar refractivity (Wildman–Crippen MR) is 73.8 cm³/mol. The van der Waals surface area contributed by atoms with Crippen molar-refractivity contribution >= 4 is 5.97 Å². The summed E-state index contributed by atoms with van der Waals surface area (Å²) in [5.41, 5.74) is 0.967. The molecule has 0 spiro atoms. The molecule has 0 radical (unpaired) electrons. The van der Waals surface area contributed by atoms with E-state index in [9.17, 15) is 9.90 Å². The summed E-state index contributed by atoms with van der Waals surface area (Å²) in [6.07, 6.45) is 1.50. The minimum absolute atomic E-state index is 0.126. The Bertz CT molecular complexity index is 551. The average molecular weight is 271 g/mol. The standard InChI is InChI=1S/C16H17NO3/c1-2-20-16(19)14(10-17)15(18)13-8-12(9-13)11-6-4-3-5-7-11/h3-7,12-13,18H,2,8-9H2,1H3/b15-14+. The van der Waals surface area contributed by atoms with Crippen molar-refractivity contribution < 1.29 is 14.6 Å². The van der Waals surface area contributed by atoms with E-state index in [0.29, 0.717) is 5.92 Å². The molecule has 1 aliphatic carbocycles. The average Bonchev–Trinajstić information content (AvgIpc) is 2.39. The van der Waals surface area contributed by atoms with Crippen molar-refractivity contribution in [3.63, 3.8) is 0 Å². The molecular formula is C16H17NO3. The molecule has 1 aromatic carbocycles. The molecule has 1 N–H and O–H groups in total. The SMILES string of the molecule is CCOC(=O)/C(C#N)=C(/O)C1CC(c2ccccc2)C1. The van der Waals surface area contributed by atoms with E-state index in [4.69, 9.17) is 10.00 Å². The van der Waals surface area contributed by atoms with E-state index in [-0.39, 0.29) is 23.9 Å². The number of carbonyl (C=O) groups is 1. The molecule has 1 aromatic rings. The van der Waals surface area contributed by atoms with E-state index in [0.717, 1.165) is 12.8 Å². The molecule has 0 atom stereocenters. The maximum atomic E-state index is 11.5. The molecule has 4 nitrogen and oxygen atoms in total. The number of nitriles is 1. The van der Waals surface area contributed by atoms with E-state index in [1.165, 1.54) is 5.56 Å². The molecule has 1 aliphatic rings. The van der Waals surface area contributed by atoms with Crippen molar-refractivity contribution in [1.82, 2.24) is 0 Å². The number of aliphatic hydroxyl groups excluding tert-OH is 1. The van der Waals surface area contributed by atoms with Crippen LogP contribution in [0.1, 0.15) is 31.2 Å². The van der Waals surface area contributed by atoms with Gasteiger partial charge in [-0.3, -0.25) is 0 Å². The highest BCUT2D eigenvalue weighted by atomic mass is 16.5. The molecular weight excluding hydrogens is 254 g/mol. The molecule has 0 aliphatic heterocycles. The first-order valence-electron chi connectivity index (χ1n) is 6.72. The Morgan fingerprint density at radius 1 is 1.40 bits per heavy atom. The van der Waals surface area contributed by atoms with E-state index in [1.807, 2.05) is 18.2 Å². The molecule has 1 fully saturated rings. The Morgan fingerprint density at radius 2 is 2.05 bits per heavy atom. The smallest absolute Gasteiger partial charge is 0.352 e. The maximum absolute atomic E-state index is 11.5. The molecule has 1 saturated carbocycles. The van der Waals surface area contributed by atoms with Gasteiger partial charge >= 0.3 is 5.97 Å². The lowest BCUT2D eigenvalue weighted by Crippen LogP contribution is -2.25. The van der Waals surface area contributed by atoms with Gasteiger partial charge in [-0.2, -0.15) is 5.26 Å². The van der Waals surface area contributed by atoms with Crippen LogP contribution in [0, 0.1) is 17.2 Å². The summed E-state index contributed by atoms with van der Waals surface area (Å²) in [4.78, 5) is 11.5. The summed E-state index contributed by atoms with van der Waals surface area (Å²) in [7, 11) is 0. The Kier molecular flexibility index (Phi) is 4.41. The number of hydrogen-bond acceptors (Lipinski definition) is 4. The fourth-order valence-electron chi connectivity index (χ4n) is 2.45. The van der Waals surface area contributed by atoms with E-state index < -0.39 is 5.97 Å². The lowest BCUT2D eigenvalue weighted by Gasteiger charge is -2.35. The number of rotatable bonds is 4. The highest BCUT2D eigenvalue weighted by Crippen LogP contribution is 2.45. The van der Waals surface area contributed by atoms with Gasteiger partial charge < -0.3 is 9.84 Å². The van der Waals surface area contributed by atoms with Gasteiger partial charge in [0.2, 0.25) is 0 Å². The summed E-state index contributed by atoms with van der Waals surface area (Å²) in [6, 6.07) is 11.8. The number of hydrogen-bond donors (Lipinski definition) is 1. The Labute approximate surface area is 118 Å². The van der Waals surface area contributed by atoms with Gasteiger partial charge in [-0.15, -0.1) is 0 Å². The number of allylic oxidation sites excluding steroid dienone is 1. The molecule has 0 saturated heterocycles. The fourth-order valence-corrected chi connectivity index (χ4v) is 2.45. The predicted octanol–water partition coefficient (Wildman–Crippen LogP) is 3.08. The molecule has 104 valence electrons. The van der Waals surface area contributed by atoms with Crippen molar-refractivity contribution in [1.29, 1.82) is 5.26 Å². The van der Waals surface area contributed by atoms with Gasteiger partial charge in [0, 0.05) is 5.92 Å². The lowest BCUT2D eigenvalue weighted by atomic mass is 9.70. The summed E-state index contributed by atoms with van der Waals surface area (Å²) in [5, 5.41) is 19.0. The fraction of sp³-hybridized carbons (Fsp3) is 0.375. The van der Waals surface area contributed by atoms with Crippen molar-refractivity contribution in [3.8, 4) is 6.07 Å².